The molecule has 0 aliphatic carbocycles. The second-order valence-corrected chi connectivity index (χ2v) is 4.22. The Hall–Kier alpha value is 0.270. The van der Waals surface area contributed by atoms with Crippen LogP contribution in [0.5, 0.6) is 0 Å². The Morgan fingerprint density at radius 2 is 2.55 bits per heavy atom. The van der Waals surface area contributed by atoms with Gasteiger partial charge in [0.15, 0.2) is 0 Å². The van der Waals surface area contributed by atoms with Crippen molar-refractivity contribution < 1.29 is 4.74 Å². The van der Waals surface area contributed by atoms with E-state index in [0.29, 0.717) is 5.25 Å². The molecule has 1 fully saturated rings. The second kappa shape index (κ2) is 5.01. The van der Waals surface area contributed by atoms with Crippen LogP contribution in [-0.2, 0) is 4.74 Å². The Kier molecular flexibility index (Phi) is 4.26. The van der Waals surface area contributed by atoms with Gasteiger partial charge in [-0.05, 0) is 25.5 Å². The summed E-state index contributed by atoms with van der Waals surface area (Å²) in [6.07, 6.45) is 2.61. The topological polar surface area (TPSA) is 35.2 Å². The minimum Gasteiger partial charge on any atom is -0.380 e. The summed E-state index contributed by atoms with van der Waals surface area (Å²) in [6.45, 7) is 3.52. The minimum atomic E-state index is 0.252. The van der Waals surface area contributed by atoms with Crippen LogP contribution in [-0.4, -0.2) is 30.3 Å². The molecule has 11 heavy (non-hydrogen) atoms. The summed E-state index contributed by atoms with van der Waals surface area (Å²) in [5, 5.41) is 0.654. The van der Waals surface area contributed by atoms with Crippen molar-refractivity contribution in [3.63, 3.8) is 0 Å². The molecule has 1 aliphatic heterocycles. The number of hydrogen-bond acceptors (Lipinski definition) is 3. The maximum absolute atomic E-state index is 5.92. The summed E-state index contributed by atoms with van der Waals surface area (Å²) in [5.74, 6) is 1.28. The van der Waals surface area contributed by atoms with Gasteiger partial charge in [0.05, 0.1) is 6.61 Å². The zero-order valence-corrected chi connectivity index (χ0v) is 7.90. The summed E-state index contributed by atoms with van der Waals surface area (Å²) < 4.78 is 5.27. The highest BCUT2D eigenvalue weighted by Gasteiger charge is 2.22. The number of hydrogen-bond donors (Lipinski definition) is 1. The lowest BCUT2D eigenvalue weighted by Gasteiger charge is -2.17. The van der Waals surface area contributed by atoms with Crippen molar-refractivity contribution in [2.24, 2.45) is 5.73 Å². The maximum Gasteiger partial charge on any atom is 0.0628 e. The van der Waals surface area contributed by atoms with Gasteiger partial charge < -0.3 is 10.5 Å². The van der Waals surface area contributed by atoms with Crippen LogP contribution in [0.15, 0.2) is 0 Å². The van der Waals surface area contributed by atoms with Gasteiger partial charge >= 0.3 is 0 Å². The predicted octanol–water partition coefficient (Wildman–Crippen LogP) is 1.25. The lowest BCUT2D eigenvalue weighted by molar-refractivity contribution is 0.132. The van der Waals surface area contributed by atoms with Gasteiger partial charge in [-0.3, -0.25) is 0 Å². The van der Waals surface area contributed by atoms with Gasteiger partial charge in [0, 0.05) is 17.9 Å². The summed E-state index contributed by atoms with van der Waals surface area (Å²) in [4.78, 5) is 0. The SMILES string of the molecule is CCOCC(N)C1CCCS1. The molecule has 1 aliphatic rings. The number of rotatable bonds is 4. The first-order chi connectivity index (χ1) is 5.34. The highest BCUT2D eigenvalue weighted by Crippen LogP contribution is 2.27. The molecule has 1 saturated heterocycles. The molecule has 1 rings (SSSR count). The molecule has 0 saturated carbocycles. The van der Waals surface area contributed by atoms with Crippen molar-refractivity contribution in [2.75, 3.05) is 19.0 Å². The van der Waals surface area contributed by atoms with Crippen LogP contribution in [0.2, 0.25) is 0 Å². The van der Waals surface area contributed by atoms with Gasteiger partial charge in [0.1, 0.15) is 0 Å². The van der Waals surface area contributed by atoms with E-state index in [0.717, 1.165) is 13.2 Å². The van der Waals surface area contributed by atoms with E-state index in [9.17, 15) is 0 Å². The molecule has 0 bridgehead atoms. The third-order valence-corrected chi connectivity index (χ3v) is 3.49. The summed E-state index contributed by atoms with van der Waals surface area (Å²) >= 11 is 2.00. The van der Waals surface area contributed by atoms with Crippen LogP contribution >= 0.6 is 11.8 Å². The van der Waals surface area contributed by atoms with Crippen LogP contribution < -0.4 is 5.73 Å². The van der Waals surface area contributed by atoms with E-state index in [2.05, 4.69) is 0 Å². The van der Waals surface area contributed by atoms with E-state index < -0.39 is 0 Å². The summed E-state index contributed by atoms with van der Waals surface area (Å²) in [7, 11) is 0. The first-order valence-electron chi connectivity index (χ1n) is 4.29. The minimum absolute atomic E-state index is 0.252. The molecule has 2 nitrogen and oxygen atoms in total. The Labute approximate surface area is 72.9 Å². The van der Waals surface area contributed by atoms with Crippen molar-refractivity contribution in [1.82, 2.24) is 0 Å². The standard InChI is InChI=1S/C8H17NOS/c1-2-10-6-7(9)8-4-3-5-11-8/h7-8H,2-6,9H2,1H3. The molecule has 2 N–H and O–H groups in total. The fraction of sp³-hybridized carbons (Fsp3) is 1.00. The van der Waals surface area contributed by atoms with Crippen molar-refractivity contribution in [3.05, 3.63) is 0 Å². The molecular weight excluding hydrogens is 158 g/mol. The number of nitrogens with two attached hydrogens (primary N) is 1. The average molecular weight is 175 g/mol. The third-order valence-electron chi connectivity index (χ3n) is 1.96. The third kappa shape index (κ3) is 3.01. The van der Waals surface area contributed by atoms with E-state index in [-0.39, 0.29) is 6.04 Å². The lowest BCUT2D eigenvalue weighted by Crippen LogP contribution is -2.35. The Morgan fingerprint density at radius 1 is 1.73 bits per heavy atom. The van der Waals surface area contributed by atoms with E-state index in [4.69, 9.17) is 10.5 Å². The molecule has 2 unspecified atom stereocenters. The first-order valence-corrected chi connectivity index (χ1v) is 5.34. The fourth-order valence-corrected chi connectivity index (χ4v) is 2.60. The van der Waals surface area contributed by atoms with Gasteiger partial charge in [-0.2, -0.15) is 11.8 Å². The Morgan fingerprint density at radius 3 is 3.09 bits per heavy atom. The molecule has 66 valence electrons. The fourth-order valence-electron chi connectivity index (χ4n) is 1.30. The second-order valence-electron chi connectivity index (χ2n) is 2.87. The van der Waals surface area contributed by atoms with Crippen molar-refractivity contribution in [3.8, 4) is 0 Å². The lowest BCUT2D eigenvalue weighted by atomic mass is 10.1. The van der Waals surface area contributed by atoms with E-state index in [1.807, 2.05) is 18.7 Å². The summed E-state index contributed by atoms with van der Waals surface area (Å²) in [5.41, 5.74) is 5.92. The Balaban J connectivity index is 2.12. The van der Waals surface area contributed by atoms with E-state index in [1.54, 1.807) is 0 Å². The highest BCUT2D eigenvalue weighted by atomic mass is 32.2. The Bertz CT molecular complexity index is 104. The quantitative estimate of drug-likeness (QED) is 0.698. The molecule has 0 aromatic rings. The van der Waals surface area contributed by atoms with Crippen LogP contribution in [0, 0.1) is 0 Å². The zero-order valence-electron chi connectivity index (χ0n) is 7.08. The zero-order chi connectivity index (χ0) is 8.10. The molecule has 0 aromatic heterocycles. The normalized spacial score (nSPS) is 27.3. The molecule has 0 radical (unpaired) electrons. The van der Waals surface area contributed by atoms with Gasteiger partial charge in [-0.25, -0.2) is 0 Å². The summed E-state index contributed by atoms with van der Waals surface area (Å²) in [6, 6.07) is 0.252. The van der Waals surface area contributed by atoms with E-state index in [1.165, 1.54) is 18.6 Å². The molecule has 0 aromatic carbocycles. The number of thioether (sulfide) groups is 1. The largest absolute Gasteiger partial charge is 0.380 e. The van der Waals surface area contributed by atoms with Crippen molar-refractivity contribution in [1.29, 1.82) is 0 Å². The first kappa shape index (κ1) is 9.36. The predicted molar refractivity (Wildman–Crippen MR) is 49.9 cm³/mol. The van der Waals surface area contributed by atoms with Gasteiger partial charge in [0.2, 0.25) is 0 Å². The molecular formula is C8H17NOS. The molecule has 2 atom stereocenters. The molecule has 1 heterocycles. The molecule has 0 spiro atoms. The van der Waals surface area contributed by atoms with E-state index >= 15 is 0 Å². The van der Waals surface area contributed by atoms with Crippen LogP contribution in [0.4, 0.5) is 0 Å². The van der Waals surface area contributed by atoms with Gasteiger partial charge in [-0.1, -0.05) is 0 Å². The maximum atomic E-state index is 5.92. The van der Waals surface area contributed by atoms with Crippen LogP contribution in [0.25, 0.3) is 0 Å². The van der Waals surface area contributed by atoms with Gasteiger partial charge in [-0.15, -0.1) is 0 Å². The smallest absolute Gasteiger partial charge is 0.0628 e. The average Bonchev–Trinajstić information content (AvgIpc) is 2.52. The highest BCUT2D eigenvalue weighted by molar-refractivity contribution is 8.00. The van der Waals surface area contributed by atoms with Crippen LogP contribution in [0.3, 0.4) is 0 Å². The van der Waals surface area contributed by atoms with Gasteiger partial charge in [0.25, 0.3) is 0 Å². The van der Waals surface area contributed by atoms with Crippen molar-refractivity contribution in [2.45, 2.75) is 31.1 Å². The molecule has 0 amide bonds. The number of ether oxygens (including phenoxy) is 1. The van der Waals surface area contributed by atoms with Crippen molar-refractivity contribution >= 4 is 11.8 Å². The molecule has 3 heteroatoms. The monoisotopic (exact) mass is 175 g/mol. The van der Waals surface area contributed by atoms with Crippen LogP contribution in [0.1, 0.15) is 19.8 Å².